The molecule has 1 heterocycles. The summed E-state index contributed by atoms with van der Waals surface area (Å²) >= 11 is 0. The number of hydrogen-bond acceptors (Lipinski definition) is 5. The SMILES string of the molecule is CCCOC(=O)c1ccc(-n2nnc(C#N)c2CC(C)C)cc1. The highest BCUT2D eigenvalue weighted by Crippen LogP contribution is 2.17. The summed E-state index contributed by atoms with van der Waals surface area (Å²) in [6.45, 7) is 6.51. The summed E-state index contributed by atoms with van der Waals surface area (Å²) in [5.74, 6) is 0.0414. The molecule has 0 saturated carbocycles. The van der Waals surface area contributed by atoms with Crippen LogP contribution in [0.15, 0.2) is 24.3 Å². The van der Waals surface area contributed by atoms with Crippen LogP contribution in [0.25, 0.3) is 5.69 Å². The largest absolute Gasteiger partial charge is 0.462 e. The number of benzene rings is 1. The van der Waals surface area contributed by atoms with Crippen LogP contribution >= 0.6 is 0 Å². The van der Waals surface area contributed by atoms with E-state index in [1.165, 1.54) is 0 Å². The van der Waals surface area contributed by atoms with Gasteiger partial charge in [0.15, 0.2) is 5.69 Å². The molecule has 0 unspecified atom stereocenters. The van der Waals surface area contributed by atoms with Gasteiger partial charge in [-0.3, -0.25) is 0 Å². The number of carbonyl (C=O) groups is 1. The molecule has 0 radical (unpaired) electrons. The Bertz CT molecular complexity index is 711. The van der Waals surface area contributed by atoms with Crippen LogP contribution in [0.5, 0.6) is 0 Å². The third-order valence-electron chi connectivity index (χ3n) is 3.26. The number of esters is 1. The minimum atomic E-state index is -0.336. The van der Waals surface area contributed by atoms with Gasteiger partial charge in [0.2, 0.25) is 0 Å². The van der Waals surface area contributed by atoms with Gasteiger partial charge >= 0.3 is 5.97 Å². The second kappa shape index (κ2) is 7.54. The van der Waals surface area contributed by atoms with Gasteiger partial charge in [0, 0.05) is 0 Å². The first kappa shape index (κ1) is 16.7. The minimum absolute atomic E-state index is 0.336. The summed E-state index contributed by atoms with van der Waals surface area (Å²) in [6, 6.07) is 9.02. The van der Waals surface area contributed by atoms with Crippen LogP contribution in [0.1, 0.15) is 48.9 Å². The highest BCUT2D eigenvalue weighted by Gasteiger charge is 2.16. The van der Waals surface area contributed by atoms with Gasteiger partial charge < -0.3 is 4.74 Å². The number of rotatable bonds is 6. The third-order valence-corrected chi connectivity index (χ3v) is 3.26. The highest BCUT2D eigenvalue weighted by molar-refractivity contribution is 5.89. The van der Waals surface area contributed by atoms with Crippen molar-refractivity contribution in [3.8, 4) is 11.8 Å². The van der Waals surface area contributed by atoms with Crippen LogP contribution in [-0.4, -0.2) is 27.6 Å². The van der Waals surface area contributed by atoms with Crippen molar-refractivity contribution in [3.05, 3.63) is 41.2 Å². The van der Waals surface area contributed by atoms with E-state index in [1.54, 1.807) is 28.9 Å². The molecule has 0 aliphatic carbocycles. The fourth-order valence-corrected chi connectivity index (χ4v) is 2.18. The lowest BCUT2D eigenvalue weighted by molar-refractivity contribution is 0.0505. The lowest BCUT2D eigenvalue weighted by Gasteiger charge is -2.09. The maximum absolute atomic E-state index is 11.8. The molecule has 1 aromatic heterocycles. The number of nitrogens with zero attached hydrogens (tertiary/aromatic N) is 4. The summed E-state index contributed by atoms with van der Waals surface area (Å²) in [6.07, 6.45) is 1.49. The number of nitriles is 1. The lowest BCUT2D eigenvalue weighted by atomic mass is 10.1. The fraction of sp³-hybridized carbons (Fsp3) is 0.412. The Hall–Kier alpha value is -2.68. The lowest BCUT2D eigenvalue weighted by Crippen LogP contribution is -2.08. The zero-order valence-electron chi connectivity index (χ0n) is 13.6. The van der Waals surface area contributed by atoms with Crippen molar-refractivity contribution in [1.29, 1.82) is 5.26 Å². The van der Waals surface area contributed by atoms with Crippen LogP contribution in [0, 0.1) is 17.2 Å². The van der Waals surface area contributed by atoms with Crippen molar-refractivity contribution in [3.63, 3.8) is 0 Å². The number of carbonyl (C=O) groups excluding carboxylic acids is 1. The normalized spacial score (nSPS) is 10.6. The van der Waals surface area contributed by atoms with Crippen molar-refractivity contribution in [2.24, 2.45) is 5.92 Å². The summed E-state index contributed by atoms with van der Waals surface area (Å²) in [5.41, 5.74) is 2.38. The van der Waals surface area contributed by atoms with E-state index in [1.807, 2.05) is 6.92 Å². The standard InChI is InChI=1S/C17H20N4O2/c1-4-9-23-17(22)13-5-7-14(8-6-13)21-16(10-12(2)3)15(11-18)19-20-21/h5-8,12H,4,9-10H2,1-3H3. The van der Waals surface area contributed by atoms with Crippen LogP contribution in [0.4, 0.5) is 0 Å². The first-order chi connectivity index (χ1) is 11.1. The first-order valence-corrected chi connectivity index (χ1v) is 7.69. The fourth-order valence-electron chi connectivity index (χ4n) is 2.18. The zero-order valence-corrected chi connectivity index (χ0v) is 13.6. The first-order valence-electron chi connectivity index (χ1n) is 7.69. The highest BCUT2D eigenvalue weighted by atomic mass is 16.5. The van der Waals surface area contributed by atoms with Crippen LogP contribution in [0.2, 0.25) is 0 Å². The van der Waals surface area contributed by atoms with Gasteiger partial charge in [-0.15, -0.1) is 5.10 Å². The molecule has 120 valence electrons. The second-order valence-corrected chi connectivity index (χ2v) is 5.69. The Morgan fingerprint density at radius 1 is 1.35 bits per heavy atom. The van der Waals surface area contributed by atoms with Gasteiger partial charge in [-0.05, 0) is 43.0 Å². The summed E-state index contributed by atoms with van der Waals surface area (Å²) < 4.78 is 6.76. The molecule has 0 atom stereocenters. The molecule has 2 aromatic rings. The van der Waals surface area contributed by atoms with Gasteiger partial charge in [-0.25, -0.2) is 9.48 Å². The summed E-state index contributed by atoms with van der Waals surface area (Å²) in [5, 5.41) is 17.1. The molecule has 0 amide bonds. The maximum atomic E-state index is 11.8. The summed E-state index contributed by atoms with van der Waals surface area (Å²) in [4.78, 5) is 11.8. The molecular formula is C17H20N4O2. The van der Waals surface area contributed by atoms with Gasteiger partial charge in [-0.2, -0.15) is 5.26 Å². The molecule has 0 bridgehead atoms. The van der Waals surface area contributed by atoms with Gasteiger partial charge in [-0.1, -0.05) is 26.0 Å². The third kappa shape index (κ3) is 3.95. The van der Waals surface area contributed by atoms with Crippen molar-refractivity contribution in [2.45, 2.75) is 33.6 Å². The van der Waals surface area contributed by atoms with Crippen molar-refractivity contribution in [1.82, 2.24) is 15.0 Å². The van der Waals surface area contributed by atoms with E-state index >= 15 is 0 Å². The maximum Gasteiger partial charge on any atom is 0.338 e. The second-order valence-electron chi connectivity index (χ2n) is 5.69. The molecule has 0 spiro atoms. The Balaban J connectivity index is 2.28. The average molecular weight is 312 g/mol. The molecule has 0 aliphatic rings. The molecule has 0 fully saturated rings. The van der Waals surface area contributed by atoms with Crippen molar-refractivity contribution >= 4 is 5.97 Å². The van der Waals surface area contributed by atoms with Crippen LogP contribution in [-0.2, 0) is 11.2 Å². The van der Waals surface area contributed by atoms with E-state index in [2.05, 4.69) is 30.2 Å². The molecule has 0 saturated heterocycles. The Kier molecular flexibility index (Phi) is 5.47. The van der Waals surface area contributed by atoms with E-state index in [0.717, 1.165) is 17.8 Å². The van der Waals surface area contributed by atoms with E-state index in [4.69, 9.17) is 10.00 Å². The Morgan fingerprint density at radius 2 is 2.04 bits per heavy atom. The van der Waals surface area contributed by atoms with Gasteiger partial charge in [0.05, 0.1) is 23.6 Å². The zero-order chi connectivity index (χ0) is 16.8. The monoisotopic (exact) mass is 312 g/mol. The Morgan fingerprint density at radius 3 is 2.61 bits per heavy atom. The molecule has 1 aromatic carbocycles. The van der Waals surface area contributed by atoms with Gasteiger partial charge in [0.25, 0.3) is 0 Å². The summed E-state index contributed by atoms with van der Waals surface area (Å²) in [7, 11) is 0. The smallest absolute Gasteiger partial charge is 0.338 e. The van der Waals surface area contributed by atoms with Crippen LogP contribution < -0.4 is 0 Å². The molecule has 2 rings (SSSR count). The molecule has 23 heavy (non-hydrogen) atoms. The molecule has 0 N–H and O–H groups in total. The van der Waals surface area contributed by atoms with Crippen molar-refractivity contribution in [2.75, 3.05) is 6.61 Å². The average Bonchev–Trinajstić information content (AvgIpc) is 2.94. The minimum Gasteiger partial charge on any atom is -0.462 e. The van der Waals surface area contributed by atoms with E-state index < -0.39 is 0 Å². The number of ether oxygens (including phenoxy) is 1. The predicted molar refractivity (Wildman–Crippen MR) is 85.2 cm³/mol. The number of aromatic nitrogens is 3. The molecule has 0 aliphatic heterocycles. The quantitative estimate of drug-likeness (QED) is 0.766. The molecular weight excluding hydrogens is 292 g/mol. The topological polar surface area (TPSA) is 80.8 Å². The Labute approximate surface area is 135 Å². The van der Waals surface area contributed by atoms with Crippen LogP contribution in [0.3, 0.4) is 0 Å². The number of hydrogen-bond donors (Lipinski definition) is 0. The molecule has 6 heteroatoms. The van der Waals surface area contributed by atoms with E-state index in [0.29, 0.717) is 30.2 Å². The van der Waals surface area contributed by atoms with Crippen molar-refractivity contribution < 1.29 is 9.53 Å². The predicted octanol–water partition coefficient (Wildman–Crippen LogP) is 2.90. The van der Waals surface area contributed by atoms with Gasteiger partial charge in [0.1, 0.15) is 6.07 Å². The van der Waals surface area contributed by atoms with E-state index in [9.17, 15) is 4.79 Å². The molecule has 6 nitrogen and oxygen atoms in total. The van der Waals surface area contributed by atoms with E-state index in [-0.39, 0.29) is 5.97 Å².